The molecule has 0 aromatic carbocycles. The predicted molar refractivity (Wildman–Crippen MR) is 68.7 cm³/mol. The minimum atomic E-state index is 0.121. The molecule has 0 radical (unpaired) electrons. The van der Waals surface area contributed by atoms with Crippen molar-refractivity contribution in [2.24, 2.45) is 4.99 Å². The second kappa shape index (κ2) is 7.82. The summed E-state index contributed by atoms with van der Waals surface area (Å²) in [6.07, 6.45) is 2.09. The van der Waals surface area contributed by atoms with Gasteiger partial charge in [-0.2, -0.15) is 11.8 Å². The van der Waals surface area contributed by atoms with E-state index in [1.165, 1.54) is 0 Å². The van der Waals surface area contributed by atoms with E-state index in [4.69, 9.17) is 5.11 Å². The lowest BCUT2D eigenvalue weighted by Crippen LogP contribution is -2.39. The zero-order valence-corrected chi connectivity index (χ0v) is 10.9. The molecule has 0 unspecified atom stereocenters. The zero-order chi connectivity index (χ0) is 11.7. The van der Waals surface area contributed by atoms with E-state index >= 15 is 0 Å². The highest BCUT2D eigenvalue weighted by Gasteiger charge is 2.15. The second-order valence-corrected chi connectivity index (χ2v) is 5.32. The fourth-order valence-electron chi connectivity index (χ4n) is 0.850. The Labute approximate surface area is 96.9 Å². The van der Waals surface area contributed by atoms with Crippen LogP contribution in [0.15, 0.2) is 4.99 Å². The monoisotopic (exact) mass is 233 g/mol. The van der Waals surface area contributed by atoms with Gasteiger partial charge in [-0.3, -0.25) is 4.99 Å². The minimum absolute atomic E-state index is 0.121. The van der Waals surface area contributed by atoms with Crippen LogP contribution in [0.3, 0.4) is 0 Å². The van der Waals surface area contributed by atoms with Crippen molar-refractivity contribution in [3.63, 3.8) is 0 Å². The maximum Gasteiger partial charge on any atom is 0.191 e. The van der Waals surface area contributed by atoms with Crippen molar-refractivity contribution in [2.75, 3.05) is 32.5 Å². The molecule has 4 nitrogen and oxygen atoms in total. The largest absolute Gasteiger partial charge is 0.395 e. The first-order valence-corrected chi connectivity index (χ1v) is 6.46. The molecule has 0 aromatic rings. The Hall–Kier alpha value is -0.420. The summed E-state index contributed by atoms with van der Waals surface area (Å²) in [6.45, 7) is 8.59. The number of thioether (sulfide) groups is 1. The molecule has 0 heterocycles. The van der Waals surface area contributed by atoms with Crippen LogP contribution in [0.2, 0.25) is 0 Å². The molecular weight excluding hydrogens is 210 g/mol. The minimum Gasteiger partial charge on any atom is -0.395 e. The van der Waals surface area contributed by atoms with Gasteiger partial charge in [-0.05, 0) is 27.0 Å². The summed E-state index contributed by atoms with van der Waals surface area (Å²) in [5, 5.41) is 14.9. The third-order valence-corrected chi connectivity index (χ3v) is 3.15. The molecule has 3 N–H and O–H groups in total. The molecule has 0 aromatic heterocycles. The van der Waals surface area contributed by atoms with Crippen molar-refractivity contribution in [1.82, 2.24) is 10.6 Å². The Morgan fingerprint density at radius 1 is 1.40 bits per heavy atom. The molecule has 0 fully saturated rings. The van der Waals surface area contributed by atoms with E-state index < -0.39 is 0 Å². The predicted octanol–water partition coefficient (Wildman–Crippen LogP) is 0.675. The quantitative estimate of drug-likeness (QED) is 0.466. The lowest BCUT2D eigenvalue weighted by atomic mass is 10.2. The van der Waals surface area contributed by atoms with Crippen LogP contribution < -0.4 is 10.6 Å². The van der Waals surface area contributed by atoms with Crippen LogP contribution in [0.5, 0.6) is 0 Å². The molecule has 0 saturated carbocycles. The first-order chi connectivity index (χ1) is 7.05. The highest BCUT2D eigenvalue weighted by atomic mass is 32.2. The number of aliphatic hydroxyl groups excluding tert-OH is 1. The average molecular weight is 233 g/mol. The summed E-state index contributed by atoms with van der Waals surface area (Å²) < 4.78 is 0.154. The summed E-state index contributed by atoms with van der Waals surface area (Å²) in [5.41, 5.74) is 0. The van der Waals surface area contributed by atoms with Gasteiger partial charge in [-0.1, -0.05) is 0 Å². The fourth-order valence-corrected chi connectivity index (χ4v) is 1.04. The van der Waals surface area contributed by atoms with Gasteiger partial charge in [0, 0.05) is 17.8 Å². The molecule has 0 saturated heterocycles. The molecule has 0 atom stereocenters. The van der Waals surface area contributed by atoms with Gasteiger partial charge in [0.15, 0.2) is 5.96 Å². The van der Waals surface area contributed by atoms with E-state index in [-0.39, 0.29) is 11.4 Å². The van der Waals surface area contributed by atoms with E-state index in [1.807, 2.05) is 6.92 Å². The SMILES string of the molecule is CCNC(=NCC(C)(C)SC)NCCO. The summed E-state index contributed by atoms with van der Waals surface area (Å²) in [5.74, 6) is 0.772. The normalized spacial score (nSPS) is 12.7. The summed E-state index contributed by atoms with van der Waals surface area (Å²) in [6, 6.07) is 0. The Kier molecular flexibility index (Phi) is 7.60. The number of hydrogen-bond acceptors (Lipinski definition) is 3. The molecule has 15 heavy (non-hydrogen) atoms. The molecule has 5 heteroatoms. The molecule has 0 rings (SSSR count). The third kappa shape index (κ3) is 7.50. The first-order valence-electron chi connectivity index (χ1n) is 5.24. The van der Waals surface area contributed by atoms with Crippen molar-refractivity contribution < 1.29 is 5.11 Å². The van der Waals surface area contributed by atoms with Gasteiger partial charge < -0.3 is 15.7 Å². The average Bonchev–Trinajstić information content (AvgIpc) is 2.22. The van der Waals surface area contributed by atoms with E-state index in [0.29, 0.717) is 6.54 Å². The van der Waals surface area contributed by atoms with Crippen LogP contribution in [0.25, 0.3) is 0 Å². The van der Waals surface area contributed by atoms with E-state index in [2.05, 4.69) is 35.7 Å². The molecule has 0 bridgehead atoms. The van der Waals surface area contributed by atoms with E-state index in [9.17, 15) is 0 Å². The second-order valence-electron chi connectivity index (χ2n) is 3.81. The third-order valence-electron chi connectivity index (χ3n) is 1.92. The number of aliphatic imine (C=N–C) groups is 1. The maximum atomic E-state index is 8.71. The van der Waals surface area contributed by atoms with Crippen LogP contribution in [-0.2, 0) is 0 Å². The molecule has 0 aliphatic carbocycles. The number of nitrogens with one attached hydrogen (secondary N) is 2. The van der Waals surface area contributed by atoms with Gasteiger partial charge in [0.05, 0.1) is 13.2 Å². The number of rotatable bonds is 6. The smallest absolute Gasteiger partial charge is 0.191 e. The topological polar surface area (TPSA) is 56.7 Å². The van der Waals surface area contributed by atoms with Crippen molar-refractivity contribution >= 4 is 17.7 Å². The highest BCUT2D eigenvalue weighted by molar-refractivity contribution is 7.99. The Morgan fingerprint density at radius 2 is 2.07 bits per heavy atom. The van der Waals surface area contributed by atoms with Gasteiger partial charge in [0.1, 0.15) is 0 Å². The summed E-state index contributed by atoms with van der Waals surface area (Å²) >= 11 is 1.80. The zero-order valence-electron chi connectivity index (χ0n) is 10.1. The number of nitrogens with zero attached hydrogens (tertiary/aromatic N) is 1. The Bertz CT molecular complexity index is 195. The van der Waals surface area contributed by atoms with Gasteiger partial charge in [-0.15, -0.1) is 0 Å². The lowest BCUT2D eigenvalue weighted by molar-refractivity contribution is 0.300. The Morgan fingerprint density at radius 3 is 2.53 bits per heavy atom. The van der Waals surface area contributed by atoms with Gasteiger partial charge in [0.2, 0.25) is 0 Å². The van der Waals surface area contributed by atoms with E-state index in [0.717, 1.165) is 19.0 Å². The molecule has 0 spiro atoms. The van der Waals surface area contributed by atoms with Gasteiger partial charge in [-0.25, -0.2) is 0 Å². The first kappa shape index (κ1) is 14.6. The lowest BCUT2D eigenvalue weighted by Gasteiger charge is -2.20. The van der Waals surface area contributed by atoms with Crippen molar-refractivity contribution in [3.8, 4) is 0 Å². The fraction of sp³-hybridized carbons (Fsp3) is 0.900. The standard InChI is InChI=1S/C10H23N3OS/c1-5-11-9(12-6-7-14)13-8-10(2,3)15-4/h14H,5-8H2,1-4H3,(H2,11,12,13). The molecular formula is C10H23N3OS. The van der Waals surface area contributed by atoms with Gasteiger partial charge >= 0.3 is 0 Å². The van der Waals surface area contributed by atoms with Crippen molar-refractivity contribution in [3.05, 3.63) is 0 Å². The van der Waals surface area contributed by atoms with Crippen LogP contribution >= 0.6 is 11.8 Å². The highest BCUT2D eigenvalue weighted by Crippen LogP contribution is 2.20. The molecule has 90 valence electrons. The summed E-state index contributed by atoms with van der Waals surface area (Å²) in [4.78, 5) is 4.46. The Balaban J connectivity index is 4.15. The molecule has 0 aliphatic heterocycles. The molecule has 0 amide bonds. The number of guanidine groups is 1. The molecule has 0 aliphatic rings. The number of aliphatic hydroxyl groups is 1. The number of hydrogen-bond donors (Lipinski definition) is 3. The summed E-state index contributed by atoms with van der Waals surface area (Å²) in [7, 11) is 0. The van der Waals surface area contributed by atoms with Crippen LogP contribution in [0, 0.1) is 0 Å². The van der Waals surface area contributed by atoms with Crippen molar-refractivity contribution in [1.29, 1.82) is 0 Å². The van der Waals surface area contributed by atoms with Gasteiger partial charge in [0.25, 0.3) is 0 Å². The van der Waals surface area contributed by atoms with E-state index in [1.54, 1.807) is 11.8 Å². The maximum absolute atomic E-state index is 8.71. The van der Waals surface area contributed by atoms with Crippen LogP contribution in [0.4, 0.5) is 0 Å². The van der Waals surface area contributed by atoms with Crippen LogP contribution in [-0.4, -0.2) is 48.3 Å². The van der Waals surface area contributed by atoms with Crippen molar-refractivity contribution in [2.45, 2.75) is 25.5 Å². The van der Waals surface area contributed by atoms with Crippen LogP contribution in [0.1, 0.15) is 20.8 Å².